The topological polar surface area (TPSA) is 35.2 Å². The van der Waals surface area contributed by atoms with Gasteiger partial charge in [-0.3, -0.25) is 0 Å². The molecule has 1 aliphatic carbocycles. The highest BCUT2D eigenvalue weighted by Crippen LogP contribution is 2.29. The zero-order valence-electron chi connectivity index (χ0n) is 13.2. The van der Waals surface area contributed by atoms with Crippen molar-refractivity contribution in [3.63, 3.8) is 0 Å². The van der Waals surface area contributed by atoms with E-state index in [0.717, 1.165) is 34.4 Å². The van der Waals surface area contributed by atoms with Gasteiger partial charge < -0.3 is 10.5 Å². The summed E-state index contributed by atoms with van der Waals surface area (Å²) in [6, 6.07) is 14.4. The summed E-state index contributed by atoms with van der Waals surface area (Å²) in [6.07, 6.45) is 7.61. The zero-order valence-corrected chi connectivity index (χ0v) is 14.1. The Kier molecular flexibility index (Phi) is 4.89. The van der Waals surface area contributed by atoms with Gasteiger partial charge in [0.1, 0.15) is 11.9 Å². The van der Waals surface area contributed by atoms with Gasteiger partial charge in [0.15, 0.2) is 0 Å². The minimum absolute atomic E-state index is 0.0459. The van der Waals surface area contributed by atoms with Crippen LogP contribution in [0.2, 0.25) is 0 Å². The van der Waals surface area contributed by atoms with Gasteiger partial charge in [-0.05, 0) is 18.4 Å². The molecule has 3 rings (SSSR count). The number of hydrogen-bond acceptors (Lipinski definition) is 3. The molecule has 0 spiro atoms. The summed E-state index contributed by atoms with van der Waals surface area (Å²) in [7, 11) is 0. The van der Waals surface area contributed by atoms with Gasteiger partial charge in [0.05, 0.1) is 0 Å². The first kappa shape index (κ1) is 15.9. The second kappa shape index (κ2) is 7.07. The number of benzene rings is 2. The van der Waals surface area contributed by atoms with Gasteiger partial charge in [-0.25, -0.2) is 0 Å². The summed E-state index contributed by atoms with van der Waals surface area (Å²) in [5.41, 5.74) is 7.12. The summed E-state index contributed by atoms with van der Waals surface area (Å²) >= 11 is 5.53. The van der Waals surface area contributed by atoms with Gasteiger partial charge in [-0.2, -0.15) is 0 Å². The van der Waals surface area contributed by atoms with Crippen molar-refractivity contribution < 1.29 is 4.74 Å². The first-order valence-corrected chi connectivity index (χ1v) is 8.36. The lowest BCUT2D eigenvalue weighted by Gasteiger charge is -2.25. The standard InChI is InChI=1S/C20H21NOS/c1-14(21)13-19(17-10-4-5-12-20(17)23)22-18-11-6-8-15-7-2-3-9-16(15)18/h2-11,14,19H,12-13,21H2,1H3. The van der Waals surface area contributed by atoms with Crippen LogP contribution in [-0.4, -0.2) is 17.0 Å². The maximum absolute atomic E-state index is 6.38. The SMILES string of the molecule is CC(N)CC(Oc1cccc2ccccc12)C1=CC=CCC1=S. The van der Waals surface area contributed by atoms with Crippen LogP contribution in [0.1, 0.15) is 19.8 Å². The summed E-state index contributed by atoms with van der Waals surface area (Å²) in [4.78, 5) is 0.943. The molecule has 2 atom stereocenters. The molecular weight excluding hydrogens is 302 g/mol. The van der Waals surface area contributed by atoms with Crippen LogP contribution in [0.3, 0.4) is 0 Å². The molecule has 118 valence electrons. The first-order chi connectivity index (χ1) is 11.1. The Morgan fingerprint density at radius 2 is 1.96 bits per heavy atom. The van der Waals surface area contributed by atoms with Gasteiger partial charge in [0, 0.05) is 34.7 Å². The van der Waals surface area contributed by atoms with E-state index in [2.05, 4.69) is 30.4 Å². The molecule has 1 aliphatic rings. The van der Waals surface area contributed by atoms with Crippen molar-refractivity contribution in [1.82, 2.24) is 0 Å². The van der Waals surface area contributed by atoms with Crippen molar-refractivity contribution in [3.05, 3.63) is 66.3 Å². The predicted molar refractivity (Wildman–Crippen MR) is 101 cm³/mol. The van der Waals surface area contributed by atoms with Crippen LogP contribution in [0.25, 0.3) is 10.8 Å². The van der Waals surface area contributed by atoms with Crippen molar-refractivity contribution >= 4 is 27.9 Å². The highest BCUT2D eigenvalue weighted by molar-refractivity contribution is 7.80. The van der Waals surface area contributed by atoms with Crippen LogP contribution in [-0.2, 0) is 0 Å². The quantitative estimate of drug-likeness (QED) is 0.818. The van der Waals surface area contributed by atoms with E-state index >= 15 is 0 Å². The predicted octanol–water partition coefficient (Wildman–Crippen LogP) is 4.58. The fourth-order valence-corrected chi connectivity index (χ4v) is 3.17. The minimum Gasteiger partial charge on any atom is -0.485 e. The summed E-state index contributed by atoms with van der Waals surface area (Å²) < 4.78 is 6.38. The van der Waals surface area contributed by atoms with E-state index in [-0.39, 0.29) is 12.1 Å². The largest absolute Gasteiger partial charge is 0.485 e. The molecule has 0 aromatic heterocycles. The van der Waals surface area contributed by atoms with E-state index in [1.54, 1.807) is 0 Å². The van der Waals surface area contributed by atoms with Crippen molar-refractivity contribution in [1.29, 1.82) is 0 Å². The number of allylic oxidation sites excluding steroid dienone is 3. The smallest absolute Gasteiger partial charge is 0.128 e. The average molecular weight is 323 g/mol. The molecule has 0 fully saturated rings. The van der Waals surface area contributed by atoms with Crippen LogP contribution < -0.4 is 10.5 Å². The summed E-state index contributed by atoms with van der Waals surface area (Å²) in [6.45, 7) is 2.00. The average Bonchev–Trinajstić information content (AvgIpc) is 2.55. The van der Waals surface area contributed by atoms with E-state index in [9.17, 15) is 0 Å². The maximum atomic E-state index is 6.38. The maximum Gasteiger partial charge on any atom is 0.128 e. The molecule has 0 saturated carbocycles. The molecule has 0 aliphatic heterocycles. The molecule has 0 heterocycles. The number of ether oxygens (including phenoxy) is 1. The fraction of sp³-hybridized carbons (Fsp3) is 0.250. The van der Waals surface area contributed by atoms with E-state index < -0.39 is 0 Å². The molecule has 0 bridgehead atoms. The lowest BCUT2D eigenvalue weighted by atomic mass is 9.95. The van der Waals surface area contributed by atoms with Gasteiger partial charge in [-0.15, -0.1) is 0 Å². The second-order valence-corrected chi connectivity index (χ2v) is 6.47. The van der Waals surface area contributed by atoms with Gasteiger partial charge in [0.2, 0.25) is 0 Å². The molecule has 23 heavy (non-hydrogen) atoms. The van der Waals surface area contributed by atoms with Crippen LogP contribution >= 0.6 is 12.2 Å². The minimum atomic E-state index is -0.113. The van der Waals surface area contributed by atoms with Gasteiger partial charge >= 0.3 is 0 Å². The number of fused-ring (bicyclic) bond motifs is 1. The second-order valence-electron chi connectivity index (χ2n) is 5.97. The van der Waals surface area contributed by atoms with Gasteiger partial charge in [0.25, 0.3) is 0 Å². The van der Waals surface area contributed by atoms with Crippen molar-refractivity contribution in [3.8, 4) is 5.75 Å². The molecule has 2 N–H and O–H groups in total. The third-order valence-electron chi connectivity index (χ3n) is 3.99. The monoisotopic (exact) mass is 323 g/mol. The number of thiocarbonyl (C=S) groups is 1. The molecular formula is C20H21NOS. The Bertz CT molecular complexity index is 771. The Hall–Kier alpha value is -1.97. The third-order valence-corrected chi connectivity index (χ3v) is 4.39. The fourth-order valence-electron chi connectivity index (χ4n) is 2.87. The Labute approximate surface area is 142 Å². The lowest BCUT2D eigenvalue weighted by molar-refractivity contribution is 0.227. The lowest BCUT2D eigenvalue weighted by Crippen LogP contribution is -2.31. The van der Waals surface area contributed by atoms with Crippen molar-refractivity contribution in [2.45, 2.75) is 31.9 Å². The molecule has 3 heteroatoms. The molecule has 0 amide bonds. The van der Waals surface area contributed by atoms with Crippen molar-refractivity contribution in [2.75, 3.05) is 0 Å². The van der Waals surface area contributed by atoms with E-state index in [4.69, 9.17) is 22.7 Å². The summed E-state index contributed by atoms with van der Waals surface area (Å²) in [5.74, 6) is 0.881. The number of nitrogens with two attached hydrogens (primary N) is 1. The van der Waals surface area contributed by atoms with Crippen molar-refractivity contribution in [2.24, 2.45) is 5.73 Å². The van der Waals surface area contributed by atoms with Crippen LogP contribution in [0, 0.1) is 0 Å². The first-order valence-electron chi connectivity index (χ1n) is 7.95. The van der Waals surface area contributed by atoms with E-state index in [1.807, 2.05) is 37.3 Å². The Morgan fingerprint density at radius 3 is 2.74 bits per heavy atom. The number of hydrogen-bond donors (Lipinski definition) is 1. The Morgan fingerprint density at radius 1 is 1.17 bits per heavy atom. The van der Waals surface area contributed by atoms with Crippen LogP contribution in [0.5, 0.6) is 5.75 Å². The molecule has 2 nitrogen and oxygen atoms in total. The Balaban J connectivity index is 1.96. The zero-order chi connectivity index (χ0) is 16.2. The summed E-state index contributed by atoms with van der Waals surface area (Å²) in [5, 5.41) is 2.28. The van der Waals surface area contributed by atoms with Crippen LogP contribution in [0.4, 0.5) is 0 Å². The highest BCUT2D eigenvalue weighted by atomic mass is 32.1. The van der Waals surface area contributed by atoms with E-state index in [1.165, 1.54) is 5.39 Å². The number of rotatable bonds is 5. The molecule has 0 radical (unpaired) electrons. The third kappa shape index (κ3) is 3.69. The van der Waals surface area contributed by atoms with Crippen LogP contribution in [0.15, 0.2) is 66.3 Å². The molecule has 0 saturated heterocycles. The van der Waals surface area contributed by atoms with E-state index in [0.29, 0.717) is 0 Å². The molecule has 2 aromatic rings. The highest BCUT2D eigenvalue weighted by Gasteiger charge is 2.22. The van der Waals surface area contributed by atoms with Gasteiger partial charge in [-0.1, -0.05) is 66.8 Å². The molecule has 2 unspecified atom stereocenters. The molecule has 2 aromatic carbocycles. The normalized spacial score (nSPS) is 17.0.